The number of nitrogens with zero attached hydrogens (tertiary/aromatic N) is 7. The molecule has 0 radical (unpaired) electrons. The number of rotatable bonds is 4. The maximum atomic E-state index is 13.3. The van der Waals surface area contributed by atoms with Gasteiger partial charge in [0.25, 0.3) is 5.56 Å². The maximum Gasteiger partial charge on any atom is 0.252 e. The van der Waals surface area contributed by atoms with E-state index in [-0.39, 0.29) is 17.4 Å². The fraction of sp³-hybridized carbons (Fsp3) is 0.130. The van der Waals surface area contributed by atoms with Crippen molar-refractivity contribution in [2.75, 3.05) is 5.73 Å². The van der Waals surface area contributed by atoms with E-state index in [1.54, 1.807) is 45.9 Å². The lowest BCUT2D eigenvalue weighted by molar-refractivity contribution is 0.572. The Balaban J connectivity index is 1.40. The highest BCUT2D eigenvalue weighted by Gasteiger charge is 2.28. The lowest BCUT2D eigenvalue weighted by Gasteiger charge is -2.15. The van der Waals surface area contributed by atoms with Crippen LogP contribution in [-0.4, -0.2) is 39.7 Å². The fourth-order valence-electron chi connectivity index (χ4n) is 4.53. The minimum Gasteiger partial charge on any atom is -0.382 e. The molecule has 6 rings (SSSR count). The molecule has 1 aliphatic heterocycles. The van der Waals surface area contributed by atoms with Crippen LogP contribution in [0.4, 0.5) is 5.82 Å². The summed E-state index contributed by atoms with van der Waals surface area (Å²) >= 11 is 12.6. The SMILES string of the molecule is Nc1nccc(-c2cnc([C@@H]3CCc4cc(-c5cc(Cl)ccc5-n5cnnn5)cc(=O)n43)[nH]2)c1Cl. The number of pyridine rings is 2. The topological polar surface area (TPSA) is 133 Å². The highest BCUT2D eigenvalue weighted by molar-refractivity contribution is 6.35. The zero-order chi connectivity index (χ0) is 24.1. The third-order valence-corrected chi connectivity index (χ3v) is 6.75. The normalized spacial score (nSPS) is 14.9. The van der Waals surface area contributed by atoms with Gasteiger partial charge in [-0.1, -0.05) is 23.2 Å². The van der Waals surface area contributed by atoms with E-state index in [0.717, 1.165) is 28.9 Å². The van der Waals surface area contributed by atoms with Gasteiger partial charge in [0, 0.05) is 34.1 Å². The Morgan fingerprint density at radius 1 is 1.09 bits per heavy atom. The number of tetrazole rings is 1. The Bertz CT molecular complexity index is 1620. The second-order valence-corrected chi connectivity index (χ2v) is 8.97. The molecular weight excluding hydrogens is 489 g/mol. The molecule has 35 heavy (non-hydrogen) atoms. The van der Waals surface area contributed by atoms with Crippen molar-refractivity contribution in [3.63, 3.8) is 0 Å². The van der Waals surface area contributed by atoms with E-state index in [9.17, 15) is 4.79 Å². The first kappa shape index (κ1) is 21.5. The van der Waals surface area contributed by atoms with E-state index >= 15 is 0 Å². The molecule has 0 amide bonds. The number of aromatic amines is 1. The number of nitrogens with two attached hydrogens (primary N) is 1. The van der Waals surface area contributed by atoms with Crippen molar-refractivity contribution >= 4 is 29.0 Å². The van der Waals surface area contributed by atoms with Crippen molar-refractivity contribution in [2.24, 2.45) is 0 Å². The number of nitrogens with one attached hydrogen (secondary N) is 1. The third kappa shape index (κ3) is 3.67. The summed E-state index contributed by atoms with van der Waals surface area (Å²) in [7, 11) is 0. The number of H-pyrrole nitrogens is 1. The summed E-state index contributed by atoms with van der Waals surface area (Å²) in [5, 5.41) is 12.3. The van der Waals surface area contributed by atoms with E-state index in [2.05, 4.69) is 30.5 Å². The first-order valence-corrected chi connectivity index (χ1v) is 11.5. The molecule has 4 aromatic heterocycles. The number of imidazole rings is 1. The van der Waals surface area contributed by atoms with E-state index in [1.807, 2.05) is 12.1 Å². The van der Waals surface area contributed by atoms with Gasteiger partial charge in [0.2, 0.25) is 0 Å². The van der Waals surface area contributed by atoms with Gasteiger partial charge in [-0.15, -0.1) is 5.10 Å². The average Bonchev–Trinajstić information content (AvgIpc) is 3.61. The third-order valence-electron chi connectivity index (χ3n) is 6.12. The largest absolute Gasteiger partial charge is 0.382 e. The Kier molecular flexibility index (Phi) is 5.12. The number of halogens is 2. The highest BCUT2D eigenvalue weighted by atomic mass is 35.5. The molecule has 0 saturated carbocycles. The predicted molar refractivity (Wildman–Crippen MR) is 132 cm³/mol. The Morgan fingerprint density at radius 3 is 2.80 bits per heavy atom. The molecule has 0 aliphatic carbocycles. The number of benzene rings is 1. The average molecular weight is 506 g/mol. The van der Waals surface area contributed by atoms with Gasteiger partial charge in [0.05, 0.1) is 28.6 Å². The van der Waals surface area contributed by atoms with Crippen LogP contribution in [0, 0.1) is 0 Å². The van der Waals surface area contributed by atoms with Crippen molar-refractivity contribution in [3.8, 4) is 28.1 Å². The second kappa shape index (κ2) is 8.33. The monoisotopic (exact) mass is 505 g/mol. The number of aromatic nitrogens is 8. The summed E-state index contributed by atoms with van der Waals surface area (Å²) in [6, 6.07) is 10.5. The second-order valence-electron chi connectivity index (χ2n) is 8.15. The summed E-state index contributed by atoms with van der Waals surface area (Å²) in [5.74, 6) is 0.925. The van der Waals surface area contributed by atoms with E-state index in [4.69, 9.17) is 28.9 Å². The van der Waals surface area contributed by atoms with Crippen LogP contribution in [0.1, 0.15) is 24.0 Å². The van der Waals surface area contributed by atoms with Crippen molar-refractivity contribution in [1.29, 1.82) is 0 Å². The van der Waals surface area contributed by atoms with Crippen molar-refractivity contribution in [3.05, 3.63) is 87.0 Å². The predicted octanol–water partition coefficient (Wildman–Crippen LogP) is 3.70. The van der Waals surface area contributed by atoms with Crippen molar-refractivity contribution in [1.82, 2.24) is 39.7 Å². The Labute approximate surface area is 208 Å². The molecule has 0 saturated heterocycles. The van der Waals surface area contributed by atoms with Crippen LogP contribution in [-0.2, 0) is 6.42 Å². The van der Waals surface area contributed by atoms with Gasteiger partial charge in [0.1, 0.15) is 18.0 Å². The molecule has 0 spiro atoms. The molecule has 12 heteroatoms. The van der Waals surface area contributed by atoms with Crippen LogP contribution in [0.2, 0.25) is 10.0 Å². The maximum absolute atomic E-state index is 13.3. The van der Waals surface area contributed by atoms with Gasteiger partial charge in [-0.3, -0.25) is 4.79 Å². The summed E-state index contributed by atoms with van der Waals surface area (Å²) in [6.07, 6.45) is 6.23. The first-order valence-electron chi connectivity index (χ1n) is 10.7. The van der Waals surface area contributed by atoms with Crippen LogP contribution in [0.5, 0.6) is 0 Å². The molecule has 5 heterocycles. The Hall–Kier alpha value is -4.02. The van der Waals surface area contributed by atoms with Gasteiger partial charge in [0.15, 0.2) is 0 Å². The number of nitrogen functional groups attached to an aromatic ring is 1. The number of anilines is 1. The summed E-state index contributed by atoms with van der Waals surface area (Å²) in [5.41, 5.74) is 10.3. The van der Waals surface area contributed by atoms with Crippen LogP contribution in [0.3, 0.4) is 0 Å². The number of fused-ring (bicyclic) bond motifs is 1. The van der Waals surface area contributed by atoms with Gasteiger partial charge in [-0.2, -0.15) is 4.68 Å². The summed E-state index contributed by atoms with van der Waals surface area (Å²) in [6.45, 7) is 0. The van der Waals surface area contributed by atoms with Gasteiger partial charge in [-0.05, 0) is 59.2 Å². The smallest absolute Gasteiger partial charge is 0.252 e. The van der Waals surface area contributed by atoms with E-state index < -0.39 is 0 Å². The zero-order valence-corrected chi connectivity index (χ0v) is 19.6. The highest BCUT2D eigenvalue weighted by Crippen LogP contribution is 2.35. The summed E-state index contributed by atoms with van der Waals surface area (Å²) < 4.78 is 3.32. The van der Waals surface area contributed by atoms with Crippen LogP contribution < -0.4 is 11.3 Å². The van der Waals surface area contributed by atoms with Crippen molar-refractivity contribution in [2.45, 2.75) is 18.9 Å². The molecule has 1 aromatic carbocycles. The number of hydrogen-bond acceptors (Lipinski definition) is 7. The molecule has 5 aromatic rings. The lowest BCUT2D eigenvalue weighted by atomic mass is 10.0. The standard InChI is InChI=1S/C23H17Cl2N9O/c24-13-1-3-18(33-11-29-31-32-33)16(9-13)12-7-14-2-4-19(34(14)20(35)8-12)23-28-10-17(30-23)15-5-6-27-22(26)21(15)25/h1,3,5-11,19H,2,4H2,(H2,26,27)(H,28,30)/t19-/m0/s1. The molecule has 0 fully saturated rings. The lowest BCUT2D eigenvalue weighted by Crippen LogP contribution is -2.23. The minimum absolute atomic E-state index is 0.133. The molecule has 174 valence electrons. The molecule has 3 N–H and O–H groups in total. The summed E-state index contributed by atoms with van der Waals surface area (Å²) in [4.78, 5) is 25.2. The van der Waals surface area contributed by atoms with Gasteiger partial charge < -0.3 is 15.3 Å². The minimum atomic E-state index is -0.225. The van der Waals surface area contributed by atoms with Crippen LogP contribution in [0.25, 0.3) is 28.1 Å². The number of hydrogen-bond donors (Lipinski definition) is 2. The quantitative estimate of drug-likeness (QED) is 0.380. The molecular formula is C23H17Cl2N9O. The zero-order valence-electron chi connectivity index (χ0n) is 18.1. The van der Waals surface area contributed by atoms with Crippen LogP contribution >= 0.6 is 23.2 Å². The first-order chi connectivity index (χ1) is 17.0. The van der Waals surface area contributed by atoms with Crippen molar-refractivity contribution < 1.29 is 0 Å². The molecule has 0 unspecified atom stereocenters. The Morgan fingerprint density at radius 2 is 1.97 bits per heavy atom. The molecule has 0 bridgehead atoms. The fourth-order valence-corrected chi connectivity index (χ4v) is 4.92. The van der Waals surface area contributed by atoms with Crippen LogP contribution in [0.15, 0.2) is 59.9 Å². The number of aryl methyl sites for hydroxylation is 1. The molecule has 1 atom stereocenters. The van der Waals surface area contributed by atoms with Gasteiger partial charge in [-0.25, -0.2) is 9.97 Å². The van der Waals surface area contributed by atoms with E-state index in [0.29, 0.717) is 33.5 Å². The van der Waals surface area contributed by atoms with Gasteiger partial charge >= 0.3 is 0 Å². The van der Waals surface area contributed by atoms with E-state index in [1.165, 1.54) is 6.33 Å². The molecule has 10 nitrogen and oxygen atoms in total. The molecule has 1 aliphatic rings.